The van der Waals surface area contributed by atoms with Gasteiger partial charge in [-0.25, -0.2) is 4.79 Å². The smallest absolute Gasteiger partial charge is 0.282 e. The van der Waals surface area contributed by atoms with Crippen LogP contribution >= 0.6 is 45.2 Å². The van der Waals surface area contributed by atoms with Gasteiger partial charge in [-0.3, -0.25) is 4.52 Å². The molecule has 0 fully saturated rings. The molecule has 1 N–H and O–H groups in total. The van der Waals surface area contributed by atoms with Gasteiger partial charge in [0.25, 0.3) is 5.69 Å². The van der Waals surface area contributed by atoms with E-state index in [-0.39, 0.29) is 5.63 Å². The predicted molar refractivity (Wildman–Crippen MR) is 66.3 cm³/mol. The van der Waals surface area contributed by atoms with Crippen LogP contribution in [0.15, 0.2) is 33.6 Å². The van der Waals surface area contributed by atoms with Gasteiger partial charge in [0.15, 0.2) is 0 Å². The largest absolute Gasteiger partial charge is 0.441 e. The molecular weight excluding hydrogens is 410 g/mol. The standard InChI is InChI=1S/C8H4I2N2O2/c9-5-3-1-2-4-6(5)12-7(10)8(13)14-11-12/h1-4H/p+1. The number of hydrogen-bond acceptors (Lipinski definition) is 2. The molecule has 2 aromatic rings. The fourth-order valence-corrected chi connectivity index (χ4v) is 2.15. The number of hydrogen-bond donors (Lipinski definition) is 1. The van der Waals surface area contributed by atoms with Gasteiger partial charge in [0.2, 0.25) is 0 Å². The molecule has 0 saturated heterocycles. The Balaban J connectivity index is 2.66. The first kappa shape index (κ1) is 10.1. The van der Waals surface area contributed by atoms with Crippen molar-refractivity contribution in [1.29, 1.82) is 0 Å². The van der Waals surface area contributed by atoms with Crippen LogP contribution in [0.2, 0.25) is 0 Å². The van der Waals surface area contributed by atoms with E-state index in [1.165, 1.54) is 0 Å². The van der Waals surface area contributed by atoms with Crippen molar-refractivity contribution in [3.05, 3.63) is 42.0 Å². The number of benzene rings is 1. The maximum Gasteiger partial charge on any atom is 0.441 e. The summed E-state index contributed by atoms with van der Waals surface area (Å²) in [5.74, 6) is 0. The van der Waals surface area contributed by atoms with Crippen molar-refractivity contribution in [2.75, 3.05) is 0 Å². The van der Waals surface area contributed by atoms with Gasteiger partial charge >= 0.3 is 9.33 Å². The first-order chi connectivity index (χ1) is 6.70. The van der Waals surface area contributed by atoms with Crippen molar-refractivity contribution in [2.45, 2.75) is 0 Å². The second kappa shape index (κ2) is 4.01. The Hall–Kier alpha value is -0.380. The molecule has 0 unspecified atom stereocenters. The predicted octanol–water partition coefficient (Wildman–Crippen LogP) is 1.45. The highest BCUT2D eigenvalue weighted by molar-refractivity contribution is 14.1. The van der Waals surface area contributed by atoms with Gasteiger partial charge in [-0.05, 0) is 38.6 Å². The minimum absolute atomic E-state index is 0.356. The van der Waals surface area contributed by atoms with Crippen LogP contribution in [0.4, 0.5) is 0 Å². The third kappa shape index (κ3) is 1.72. The van der Waals surface area contributed by atoms with E-state index in [0.29, 0.717) is 3.70 Å². The van der Waals surface area contributed by atoms with Crippen LogP contribution in [0.5, 0.6) is 0 Å². The molecule has 4 nitrogen and oxygen atoms in total. The molecule has 2 rings (SSSR count). The molecule has 1 heterocycles. The number of H-pyrrole nitrogens is 1. The van der Waals surface area contributed by atoms with E-state index in [9.17, 15) is 4.79 Å². The third-order valence-corrected chi connectivity index (χ3v) is 3.52. The van der Waals surface area contributed by atoms with Gasteiger partial charge in [-0.1, -0.05) is 12.1 Å². The number of halogens is 2. The van der Waals surface area contributed by atoms with Crippen LogP contribution in [-0.4, -0.2) is 5.27 Å². The van der Waals surface area contributed by atoms with Crippen molar-refractivity contribution in [3.8, 4) is 5.69 Å². The molecule has 0 bridgehead atoms. The van der Waals surface area contributed by atoms with E-state index in [1.54, 1.807) is 4.68 Å². The maximum absolute atomic E-state index is 11.1. The summed E-state index contributed by atoms with van der Waals surface area (Å²) in [6, 6.07) is 7.72. The number of para-hydroxylation sites is 1. The Morgan fingerprint density at radius 2 is 2.00 bits per heavy atom. The average molecular weight is 415 g/mol. The Bertz CT molecular complexity index is 518. The number of aromatic nitrogens is 2. The van der Waals surface area contributed by atoms with Crippen LogP contribution in [0.1, 0.15) is 0 Å². The highest BCUT2D eigenvalue weighted by atomic mass is 127. The average Bonchev–Trinajstić information content (AvgIpc) is 2.49. The van der Waals surface area contributed by atoms with E-state index in [0.717, 1.165) is 9.26 Å². The van der Waals surface area contributed by atoms with Gasteiger partial charge in [-0.2, -0.15) is 0 Å². The van der Waals surface area contributed by atoms with Crippen LogP contribution in [0.25, 0.3) is 5.69 Å². The van der Waals surface area contributed by atoms with Gasteiger partial charge in [0, 0.05) is 28.7 Å². The van der Waals surface area contributed by atoms with Crippen molar-refractivity contribution in [3.63, 3.8) is 0 Å². The molecule has 0 aliphatic rings. The molecular formula is C8H5I2N2O2+. The van der Waals surface area contributed by atoms with E-state index in [2.05, 4.69) is 32.4 Å². The zero-order chi connectivity index (χ0) is 10.1. The van der Waals surface area contributed by atoms with Gasteiger partial charge in [-0.15, -0.1) is 0 Å². The number of nitrogens with one attached hydrogen (secondary N) is 1. The van der Waals surface area contributed by atoms with E-state index in [1.807, 2.05) is 46.9 Å². The molecule has 0 aliphatic heterocycles. The molecule has 1 aromatic carbocycles. The third-order valence-electron chi connectivity index (χ3n) is 1.69. The lowest BCUT2D eigenvalue weighted by Crippen LogP contribution is -2.38. The minimum atomic E-state index is -0.356. The van der Waals surface area contributed by atoms with E-state index >= 15 is 0 Å². The lowest BCUT2D eigenvalue weighted by atomic mass is 10.3. The number of aromatic amines is 1. The molecule has 14 heavy (non-hydrogen) atoms. The number of nitrogens with zero attached hydrogens (tertiary/aromatic N) is 1. The summed E-state index contributed by atoms with van der Waals surface area (Å²) in [5, 5.41) is 2.55. The summed E-state index contributed by atoms with van der Waals surface area (Å²) in [4.78, 5) is 11.1. The summed E-state index contributed by atoms with van der Waals surface area (Å²) in [7, 11) is 0. The fourth-order valence-electron chi connectivity index (χ4n) is 1.05. The SMILES string of the molecule is O=c1o[nH][n+](-c2ccccc2I)c1I. The van der Waals surface area contributed by atoms with Crippen LogP contribution in [0.3, 0.4) is 0 Å². The summed E-state index contributed by atoms with van der Waals surface area (Å²) >= 11 is 4.14. The summed E-state index contributed by atoms with van der Waals surface area (Å²) in [6.07, 6.45) is 0. The Morgan fingerprint density at radius 3 is 2.57 bits per heavy atom. The van der Waals surface area contributed by atoms with Crippen molar-refractivity contribution < 1.29 is 9.20 Å². The Labute approximate surface area is 107 Å². The van der Waals surface area contributed by atoms with Crippen LogP contribution in [-0.2, 0) is 0 Å². The lowest BCUT2D eigenvalue weighted by Gasteiger charge is -1.92. The fraction of sp³-hybridized carbons (Fsp3) is 0. The molecule has 72 valence electrons. The zero-order valence-corrected chi connectivity index (χ0v) is 11.1. The number of rotatable bonds is 1. The Morgan fingerprint density at radius 1 is 1.29 bits per heavy atom. The van der Waals surface area contributed by atoms with Crippen LogP contribution in [0, 0.1) is 7.27 Å². The monoisotopic (exact) mass is 415 g/mol. The molecule has 6 heteroatoms. The maximum atomic E-state index is 11.1. The quantitative estimate of drug-likeness (QED) is 0.567. The Kier molecular flexibility index (Phi) is 2.91. The minimum Gasteiger partial charge on any atom is -0.282 e. The van der Waals surface area contributed by atoms with E-state index < -0.39 is 0 Å². The molecule has 0 saturated carbocycles. The summed E-state index contributed by atoms with van der Waals surface area (Å²) in [5.41, 5.74) is 0.550. The molecule has 0 amide bonds. The first-order valence-corrected chi connectivity index (χ1v) is 5.90. The lowest BCUT2D eigenvalue weighted by molar-refractivity contribution is -0.682. The van der Waals surface area contributed by atoms with E-state index in [4.69, 9.17) is 0 Å². The second-order valence-corrected chi connectivity index (χ2v) is 4.74. The van der Waals surface area contributed by atoms with Crippen LogP contribution < -0.4 is 10.3 Å². The highest BCUT2D eigenvalue weighted by Gasteiger charge is 2.21. The summed E-state index contributed by atoms with van der Waals surface area (Å²) < 4.78 is 7.84. The molecule has 0 atom stereocenters. The van der Waals surface area contributed by atoms with Crippen molar-refractivity contribution in [1.82, 2.24) is 5.27 Å². The molecule has 0 spiro atoms. The zero-order valence-electron chi connectivity index (χ0n) is 6.83. The molecule has 0 radical (unpaired) electrons. The topological polar surface area (TPSA) is 49.9 Å². The summed E-state index contributed by atoms with van der Waals surface area (Å²) in [6.45, 7) is 0. The van der Waals surface area contributed by atoms with Gasteiger partial charge in [0.1, 0.15) is 0 Å². The van der Waals surface area contributed by atoms with Crippen molar-refractivity contribution in [2.24, 2.45) is 0 Å². The normalized spacial score (nSPS) is 10.4. The molecule has 0 aliphatic carbocycles. The van der Waals surface area contributed by atoms with Gasteiger partial charge in [0.05, 0.1) is 3.57 Å². The first-order valence-electron chi connectivity index (χ1n) is 3.74. The van der Waals surface area contributed by atoms with Crippen molar-refractivity contribution >= 4 is 45.2 Å². The second-order valence-electron chi connectivity index (χ2n) is 2.56. The van der Waals surface area contributed by atoms with Gasteiger partial charge < -0.3 is 0 Å². The highest BCUT2D eigenvalue weighted by Crippen LogP contribution is 2.10. The molecule has 1 aromatic heterocycles.